The van der Waals surface area contributed by atoms with Gasteiger partial charge in [-0.2, -0.15) is 18.3 Å². The number of aromatic nitrogens is 2. The summed E-state index contributed by atoms with van der Waals surface area (Å²) in [6, 6.07) is 7.10. The van der Waals surface area contributed by atoms with E-state index in [1.54, 1.807) is 12.1 Å². The highest BCUT2D eigenvalue weighted by atomic mass is 19.4. The van der Waals surface area contributed by atoms with Crippen LogP contribution in [0.25, 0.3) is 0 Å². The number of hydrogen-bond donors (Lipinski definition) is 1. The van der Waals surface area contributed by atoms with Crippen LogP contribution in [0.5, 0.6) is 0 Å². The maximum absolute atomic E-state index is 14.0. The molecule has 3 fully saturated rings. The molecule has 1 aromatic carbocycles. The molecule has 33 heavy (non-hydrogen) atoms. The van der Waals surface area contributed by atoms with Gasteiger partial charge < -0.3 is 5.32 Å². The molecule has 2 heterocycles. The summed E-state index contributed by atoms with van der Waals surface area (Å²) >= 11 is 0. The van der Waals surface area contributed by atoms with Gasteiger partial charge in [0, 0.05) is 11.6 Å². The molecule has 0 radical (unpaired) electrons. The number of nitrogens with one attached hydrogen (secondary N) is 1. The summed E-state index contributed by atoms with van der Waals surface area (Å²) in [5.74, 6) is -0.0862. The van der Waals surface area contributed by atoms with E-state index >= 15 is 0 Å². The third-order valence-corrected chi connectivity index (χ3v) is 7.51. The lowest BCUT2D eigenvalue weighted by molar-refractivity contribution is -0.141. The van der Waals surface area contributed by atoms with E-state index in [0.29, 0.717) is 25.7 Å². The summed E-state index contributed by atoms with van der Waals surface area (Å²) in [4.78, 5) is 16.5. The van der Waals surface area contributed by atoms with E-state index in [1.807, 2.05) is 20.2 Å². The third kappa shape index (κ3) is 3.78. The Morgan fingerprint density at radius 1 is 1.12 bits per heavy atom. The van der Waals surface area contributed by atoms with Crippen molar-refractivity contribution in [2.24, 2.45) is 0 Å². The molecule has 2 amide bonds. The van der Waals surface area contributed by atoms with Crippen LogP contribution in [-0.2, 0) is 11.7 Å². The first kappa shape index (κ1) is 22.2. The number of amides is 2. The SMILES string of the molecule is CN(C)[C@]1(c2cccc(F)c2)CC[C@]2(CC1)CN(c1cc(C(F)(F)F)nn1C1CC1)C(=O)N2. The molecular formula is C23H27F4N5O. The van der Waals surface area contributed by atoms with Gasteiger partial charge in [0.1, 0.15) is 11.6 Å². The predicted molar refractivity (Wildman–Crippen MR) is 114 cm³/mol. The van der Waals surface area contributed by atoms with E-state index in [0.717, 1.165) is 24.5 Å². The number of benzene rings is 1. The van der Waals surface area contributed by atoms with E-state index in [9.17, 15) is 22.4 Å². The van der Waals surface area contributed by atoms with E-state index in [2.05, 4.69) is 15.3 Å². The Kier molecular flexibility index (Phi) is 5.00. The Morgan fingerprint density at radius 3 is 2.39 bits per heavy atom. The normalized spacial score (nSPS) is 28.1. The molecule has 0 unspecified atom stereocenters. The van der Waals surface area contributed by atoms with Gasteiger partial charge in [0.25, 0.3) is 0 Å². The van der Waals surface area contributed by atoms with Crippen molar-refractivity contribution in [1.29, 1.82) is 0 Å². The molecule has 10 heteroatoms. The van der Waals surface area contributed by atoms with Crippen LogP contribution >= 0.6 is 0 Å². The van der Waals surface area contributed by atoms with Crippen molar-refractivity contribution in [3.8, 4) is 0 Å². The second-order valence-corrected chi connectivity index (χ2v) is 9.79. The maximum Gasteiger partial charge on any atom is 0.435 e. The van der Waals surface area contributed by atoms with Crippen molar-refractivity contribution < 1.29 is 22.4 Å². The number of hydrogen-bond acceptors (Lipinski definition) is 3. The highest BCUT2D eigenvalue weighted by Gasteiger charge is 2.51. The predicted octanol–water partition coefficient (Wildman–Crippen LogP) is 4.68. The van der Waals surface area contributed by atoms with Gasteiger partial charge in [-0.05, 0) is 70.3 Å². The van der Waals surface area contributed by atoms with E-state index < -0.39 is 23.4 Å². The van der Waals surface area contributed by atoms with Crippen molar-refractivity contribution in [2.75, 3.05) is 25.5 Å². The molecule has 2 aromatic rings. The second kappa shape index (κ2) is 7.44. The minimum Gasteiger partial charge on any atom is -0.330 e. The average molecular weight is 465 g/mol. The van der Waals surface area contributed by atoms with Gasteiger partial charge >= 0.3 is 12.2 Å². The first-order valence-electron chi connectivity index (χ1n) is 11.2. The molecule has 1 aromatic heterocycles. The number of rotatable bonds is 4. The summed E-state index contributed by atoms with van der Waals surface area (Å²) in [7, 11) is 3.94. The Morgan fingerprint density at radius 2 is 1.82 bits per heavy atom. The molecule has 0 atom stereocenters. The zero-order chi connectivity index (χ0) is 23.6. The number of carbonyl (C=O) groups is 1. The zero-order valence-electron chi connectivity index (χ0n) is 18.6. The van der Waals surface area contributed by atoms with Crippen molar-refractivity contribution in [2.45, 2.75) is 61.8 Å². The molecule has 1 saturated heterocycles. The van der Waals surface area contributed by atoms with Gasteiger partial charge in [-0.25, -0.2) is 13.9 Å². The smallest absolute Gasteiger partial charge is 0.330 e. The van der Waals surface area contributed by atoms with Crippen molar-refractivity contribution in [3.05, 3.63) is 47.4 Å². The summed E-state index contributed by atoms with van der Waals surface area (Å²) in [5, 5.41) is 6.84. The van der Waals surface area contributed by atoms with Crippen LogP contribution in [0.1, 0.15) is 55.8 Å². The van der Waals surface area contributed by atoms with Crippen molar-refractivity contribution in [1.82, 2.24) is 20.0 Å². The Hall–Kier alpha value is -2.62. The van der Waals surface area contributed by atoms with Crippen molar-refractivity contribution >= 4 is 11.8 Å². The molecule has 6 nitrogen and oxygen atoms in total. The quantitative estimate of drug-likeness (QED) is 0.668. The fourth-order valence-corrected chi connectivity index (χ4v) is 5.40. The Labute approximate surface area is 189 Å². The number of carbonyl (C=O) groups excluding carboxylic acids is 1. The summed E-state index contributed by atoms with van der Waals surface area (Å²) in [6.45, 7) is 0.286. The van der Waals surface area contributed by atoms with Crippen LogP contribution in [0.4, 0.5) is 28.2 Å². The van der Waals surface area contributed by atoms with Gasteiger partial charge in [-0.3, -0.25) is 9.80 Å². The van der Waals surface area contributed by atoms with Crippen molar-refractivity contribution in [3.63, 3.8) is 0 Å². The minimum absolute atomic E-state index is 0.0961. The van der Waals surface area contributed by atoms with Crippen LogP contribution in [0, 0.1) is 5.82 Å². The van der Waals surface area contributed by atoms with Gasteiger partial charge in [0.15, 0.2) is 5.69 Å². The Bertz CT molecular complexity index is 1070. The first-order chi connectivity index (χ1) is 15.5. The lowest BCUT2D eigenvalue weighted by atomic mass is 9.69. The van der Waals surface area contributed by atoms with E-state index in [1.165, 1.54) is 15.6 Å². The molecule has 3 aliphatic rings. The maximum atomic E-state index is 14.0. The lowest BCUT2D eigenvalue weighted by Crippen LogP contribution is -2.54. The summed E-state index contributed by atoms with van der Waals surface area (Å²) in [5.41, 5.74) is -0.990. The number of anilines is 1. The van der Waals surface area contributed by atoms with Crippen LogP contribution in [0.15, 0.2) is 30.3 Å². The number of urea groups is 1. The van der Waals surface area contributed by atoms with Gasteiger partial charge in [0.05, 0.1) is 18.1 Å². The van der Waals surface area contributed by atoms with Gasteiger partial charge in [0.2, 0.25) is 0 Å². The second-order valence-electron chi connectivity index (χ2n) is 9.79. The van der Waals surface area contributed by atoms with Crippen LogP contribution in [0.2, 0.25) is 0 Å². The zero-order valence-corrected chi connectivity index (χ0v) is 18.6. The van der Waals surface area contributed by atoms with Gasteiger partial charge in [-0.1, -0.05) is 12.1 Å². The van der Waals surface area contributed by atoms with E-state index in [-0.39, 0.29) is 29.8 Å². The minimum atomic E-state index is -4.57. The molecule has 1 spiro atoms. The number of nitrogens with zero attached hydrogens (tertiary/aromatic N) is 4. The average Bonchev–Trinajstić information content (AvgIpc) is 3.40. The largest absolute Gasteiger partial charge is 0.435 e. The standard InChI is InChI=1S/C23H27F4N5O/c1-30(2)22(15-4-3-5-16(24)12-15)10-8-21(9-11-22)14-31(20(33)28-21)19-13-18(23(25,26)27)29-32(19)17-6-7-17/h3-5,12-13,17H,6-11,14H2,1-2H3,(H,28,33)/t21-,22+. The molecule has 178 valence electrons. The lowest BCUT2D eigenvalue weighted by Gasteiger charge is -2.48. The van der Waals surface area contributed by atoms with Gasteiger partial charge in [-0.15, -0.1) is 0 Å². The first-order valence-corrected chi connectivity index (χ1v) is 11.2. The molecule has 0 bridgehead atoms. The van der Waals surface area contributed by atoms with Crippen LogP contribution in [-0.4, -0.2) is 46.9 Å². The summed E-state index contributed by atoms with van der Waals surface area (Å²) in [6.07, 6.45) is -0.414. The fourth-order valence-electron chi connectivity index (χ4n) is 5.40. The number of alkyl halides is 3. The molecule has 2 aliphatic carbocycles. The molecular weight excluding hydrogens is 438 g/mol. The topological polar surface area (TPSA) is 53.4 Å². The fraction of sp³-hybridized carbons (Fsp3) is 0.565. The summed E-state index contributed by atoms with van der Waals surface area (Å²) < 4.78 is 55.3. The molecule has 1 aliphatic heterocycles. The Balaban J connectivity index is 1.40. The molecule has 5 rings (SSSR count). The van der Waals surface area contributed by atoms with Crippen LogP contribution in [0.3, 0.4) is 0 Å². The molecule has 2 saturated carbocycles. The van der Waals surface area contributed by atoms with Crippen LogP contribution < -0.4 is 10.2 Å². The highest BCUT2D eigenvalue weighted by molar-refractivity contribution is 5.94. The monoisotopic (exact) mass is 465 g/mol. The third-order valence-electron chi connectivity index (χ3n) is 7.51. The molecule has 1 N–H and O–H groups in total. The number of halogens is 4. The van der Waals surface area contributed by atoms with E-state index in [4.69, 9.17) is 0 Å². The highest BCUT2D eigenvalue weighted by Crippen LogP contribution is 2.47.